The van der Waals surface area contributed by atoms with Crippen molar-refractivity contribution in [3.8, 4) is 0 Å². The largest absolute Gasteiger partial charge is 0.370 e. The van der Waals surface area contributed by atoms with Crippen molar-refractivity contribution in [1.29, 1.82) is 0 Å². The van der Waals surface area contributed by atoms with Crippen LogP contribution in [0.5, 0.6) is 0 Å². The van der Waals surface area contributed by atoms with E-state index in [2.05, 4.69) is 0 Å². The Labute approximate surface area is 161 Å². The maximum atomic E-state index is 13.1. The number of hydrogen-bond acceptors (Lipinski definition) is 3. The Morgan fingerprint density at radius 3 is 2.38 bits per heavy atom. The fourth-order valence-corrected chi connectivity index (χ4v) is 4.24. The summed E-state index contributed by atoms with van der Waals surface area (Å²) in [5, 5.41) is 1.35. The van der Waals surface area contributed by atoms with Crippen LogP contribution in [0, 0.1) is 0 Å². The molecule has 0 atom stereocenters. The zero-order valence-corrected chi connectivity index (χ0v) is 15.7. The van der Waals surface area contributed by atoms with Gasteiger partial charge in [-0.05, 0) is 18.1 Å². The van der Waals surface area contributed by atoms with Crippen LogP contribution in [0.4, 0.5) is 0 Å². The molecule has 0 aliphatic heterocycles. The summed E-state index contributed by atoms with van der Waals surface area (Å²) >= 11 is 7.82. The molecule has 4 nitrogen and oxygen atoms in total. The number of nitrogens with zero attached hydrogens (tertiary/aromatic N) is 1. The van der Waals surface area contributed by atoms with Crippen LogP contribution in [0.1, 0.15) is 21.7 Å². The number of nitrogens with two attached hydrogens (primary N) is 1. The number of carbonyl (C=O) groups excluding carboxylic acids is 2. The molecular weight excluding hydrogens is 368 g/mol. The molecule has 2 N–H and O–H groups in total. The van der Waals surface area contributed by atoms with Crippen LogP contribution in [-0.2, 0) is 11.2 Å². The van der Waals surface area contributed by atoms with Crippen molar-refractivity contribution in [3.63, 3.8) is 0 Å². The molecule has 3 aromatic rings. The minimum absolute atomic E-state index is 0.128. The number of hydrogen-bond donors (Lipinski definition) is 1. The number of halogens is 1. The number of thiophene rings is 1. The van der Waals surface area contributed by atoms with Crippen LogP contribution >= 0.6 is 22.9 Å². The molecule has 1 aromatic heterocycles. The lowest BCUT2D eigenvalue weighted by molar-refractivity contribution is -0.118. The zero-order valence-electron chi connectivity index (χ0n) is 14.2. The number of primary amides is 1. The average molecular weight is 387 g/mol. The van der Waals surface area contributed by atoms with Crippen LogP contribution < -0.4 is 5.73 Å². The van der Waals surface area contributed by atoms with Gasteiger partial charge in [0.1, 0.15) is 4.88 Å². The molecule has 0 radical (unpaired) electrons. The predicted octanol–water partition coefficient (Wildman–Crippen LogP) is 4.12. The third-order valence-electron chi connectivity index (χ3n) is 4.16. The lowest BCUT2D eigenvalue weighted by Crippen LogP contribution is -2.35. The maximum Gasteiger partial charge on any atom is 0.265 e. The fraction of sp³-hybridized carbons (Fsp3) is 0.200. The lowest BCUT2D eigenvalue weighted by Gasteiger charge is -2.22. The van der Waals surface area contributed by atoms with Crippen LogP contribution in [0.2, 0.25) is 5.02 Å². The molecule has 0 saturated carbocycles. The van der Waals surface area contributed by atoms with Gasteiger partial charge >= 0.3 is 0 Å². The summed E-state index contributed by atoms with van der Waals surface area (Å²) in [6.07, 6.45) is 0.830. The molecule has 0 saturated heterocycles. The highest BCUT2D eigenvalue weighted by Gasteiger charge is 2.22. The van der Waals surface area contributed by atoms with Gasteiger partial charge in [0.25, 0.3) is 5.91 Å². The Balaban J connectivity index is 1.83. The minimum Gasteiger partial charge on any atom is -0.370 e. The van der Waals surface area contributed by atoms with E-state index >= 15 is 0 Å². The molecule has 0 spiro atoms. The predicted molar refractivity (Wildman–Crippen MR) is 107 cm³/mol. The first-order chi connectivity index (χ1) is 12.6. The molecular formula is C20H19ClN2O2S. The normalized spacial score (nSPS) is 10.8. The Morgan fingerprint density at radius 1 is 1.00 bits per heavy atom. The summed E-state index contributed by atoms with van der Waals surface area (Å²) < 4.78 is 0.971. The fourth-order valence-electron chi connectivity index (χ4n) is 2.76. The number of benzene rings is 2. The third kappa shape index (κ3) is 4.23. The average Bonchev–Trinajstić information content (AvgIpc) is 2.99. The van der Waals surface area contributed by atoms with Gasteiger partial charge in [-0.1, -0.05) is 60.1 Å². The first-order valence-electron chi connectivity index (χ1n) is 8.35. The molecule has 2 amide bonds. The van der Waals surface area contributed by atoms with E-state index in [-0.39, 0.29) is 18.9 Å². The van der Waals surface area contributed by atoms with E-state index < -0.39 is 5.91 Å². The molecule has 0 aliphatic rings. The highest BCUT2D eigenvalue weighted by Crippen LogP contribution is 2.35. The molecule has 6 heteroatoms. The molecule has 3 rings (SSSR count). The molecule has 0 bridgehead atoms. The SMILES string of the molecule is NC(=O)CCN(CCc1ccccc1)C(=O)c1sc2ccccc2c1Cl. The van der Waals surface area contributed by atoms with Gasteiger partial charge < -0.3 is 10.6 Å². The van der Waals surface area contributed by atoms with E-state index in [0.29, 0.717) is 22.9 Å². The summed E-state index contributed by atoms with van der Waals surface area (Å²) in [5.41, 5.74) is 6.41. The summed E-state index contributed by atoms with van der Waals surface area (Å²) in [7, 11) is 0. The number of carbonyl (C=O) groups is 2. The first-order valence-corrected chi connectivity index (χ1v) is 9.54. The zero-order chi connectivity index (χ0) is 18.5. The summed E-state index contributed by atoms with van der Waals surface area (Å²) in [5.74, 6) is -0.585. The van der Waals surface area contributed by atoms with Gasteiger partial charge in [-0.15, -0.1) is 11.3 Å². The van der Waals surface area contributed by atoms with Crippen molar-refractivity contribution in [2.45, 2.75) is 12.8 Å². The van der Waals surface area contributed by atoms with Crippen molar-refractivity contribution in [2.24, 2.45) is 5.73 Å². The van der Waals surface area contributed by atoms with Crippen molar-refractivity contribution in [3.05, 3.63) is 70.1 Å². The van der Waals surface area contributed by atoms with Gasteiger partial charge in [0.15, 0.2) is 0 Å². The van der Waals surface area contributed by atoms with Gasteiger partial charge in [0.2, 0.25) is 5.91 Å². The summed E-state index contributed by atoms with van der Waals surface area (Å²) in [4.78, 5) is 26.4. The smallest absolute Gasteiger partial charge is 0.265 e. The molecule has 26 heavy (non-hydrogen) atoms. The standard InChI is InChI=1S/C20H19ClN2O2S/c21-18-15-8-4-5-9-16(15)26-19(18)20(25)23(13-11-17(22)24)12-10-14-6-2-1-3-7-14/h1-9H,10-13H2,(H2,22,24). The molecule has 2 aromatic carbocycles. The van der Waals surface area contributed by atoms with Crippen molar-refractivity contribution in [2.75, 3.05) is 13.1 Å². The highest BCUT2D eigenvalue weighted by atomic mass is 35.5. The van der Waals surface area contributed by atoms with Crippen molar-refractivity contribution in [1.82, 2.24) is 4.90 Å². The monoisotopic (exact) mass is 386 g/mol. The molecule has 0 aliphatic carbocycles. The van der Waals surface area contributed by atoms with Crippen LogP contribution in [0.25, 0.3) is 10.1 Å². The topological polar surface area (TPSA) is 63.4 Å². The van der Waals surface area contributed by atoms with Gasteiger partial charge in [-0.2, -0.15) is 0 Å². The number of rotatable bonds is 7. The van der Waals surface area contributed by atoms with Crippen LogP contribution in [0.15, 0.2) is 54.6 Å². The highest BCUT2D eigenvalue weighted by molar-refractivity contribution is 7.21. The molecule has 134 valence electrons. The second-order valence-corrected chi connectivity index (χ2v) is 7.42. The van der Waals surface area contributed by atoms with Gasteiger partial charge in [-0.3, -0.25) is 9.59 Å². The third-order valence-corrected chi connectivity index (χ3v) is 5.82. The van der Waals surface area contributed by atoms with E-state index in [1.165, 1.54) is 11.3 Å². The first kappa shape index (κ1) is 18.4. The maximum absolute atomic E-state index is 13.1. The van der Waals surface area contributed by atoms with E-state index in [0.717, 1.165) is 15.6 Å². The van der Waals surface area contributed by atoms with Crippen LogP contribution in [0.3, 0.4) is 0 Å². The van der Waals surface area contributed by atoms with Crippen LogP contribution in [-0.4, -0.2) is 29.8 Å². The molecule has 1 heterocycles. The lowest BCUT2D eigenvalue weighted by atomic mass is 10.1. The second kappa shape index (κ2) is 8.34. The Bertz CT molecular complexity index is 924. The van der Waals surface area contributed by atoms with Gasteiger partial charge in [-0.25, -0.2) is 0 Å². The van der Waals surface area contributed by atoms with Crippen molar-refractivity contribution < 1.29 is 9.59 Å². The molecule has 0 unspecified atom stereocenters. The number of fused-ring (bicyclic) bond motifs is 1. The van der Waals surface area contributed by atoms with Crippen molar-refractivity contribution >= 4 is 44.8 Å². The quantitative estimate of drug-likeness (QED) is 0.664. The summed E-state index contributed by atoms with van der Waals surface area (Å²) in [6.45, 7) is 0.784. The molecule has 0 fully saturated rings. The Hall–Kier alpha value is -2.37. The Morgan fingerprint density at radius 2 is 1.69 bits per heavy atom. The van der Waals surface area contributed by atoms with E-state index in [4.69, 9.17) is 17.3 Å². The van der Waals surface area contributed by atoms with Gasteiger partial charge in [0, 0.05) is 29.6 Å². The number of amides is 2. The van der Waals surface area contributed by atoms with E-state index in [1.54, 1.807) is 4.90 Å². The second-order valence-electron chi connectivity index (χ2n) is 5.99. The van der Waals surface area contributed by atoms with Gasteiger partial charge in [0.05, 0.1) is 5.02 Å². The van der Waals surface area contributed by atoms with E-state index in [9.17, 15) is 9.59 Å². The summed E-state index contributed by atoms with van der Waals surface area (Å²) in [6, 6.07) is 17.6. The minimum atomic E-state index is -0.426. The van der Waals surface area contributed by atoms with E-state index in [1.807, 2.05) is 54.6 Å². The Kier molecular flexibility index (Phi) is 5.91.